The highest BCUT2D eigenvalue weighted by molar-refractivity contribution is 7.26. The van der Waals surface area contributed by atoms with Crippen molar-refractivity contribution < 1.29 is 0 Å². The van der Waals surface area contributed by atoms with Gasteiger partial charge in [-0.05, 0) is 65.8 Å². The van der Waals surface area contributed by atoms with E-state index in [-0.39, 0.29) is 0 Å². The van der Waals surface area contributed by atoms with Crippen LogP contribution in [0.4, 0.5) is 0 Å². The van der Waals surface area contributed by atoms with Gasteiger partial charge in [0.05, 0.1) is 0 Å². The molecule has 0 saturated heterocycles. The summed E-state index contributed by atoms with van der Waals surface area (Å²) in [6.07, 6.45) is 8.14. The number of unbranched alkanes of at least 4 members (excludes halogenated alkanes) is 1. The van der Waals surface area contributed by atoms with Crippen LogP contribution in [0.25, 0.3) is 31.7 Å². The molecule has 0 aliphatic carbocycles. The van der Waals surface area contributed by atoms with Crippen LogP contribution in [0.15, 0.2) is 66.0 Å². The van der Waals surface area contributed by atoms with E-state index in [1.165, 1.54) is 54.8 Å². The minimum atomic E-state index is 1.18. The van der Waals surface area contributed by atoms with Crippen molar-refractivity contribution in [3.63, 3.8) is 0 Å². The summed E-state index contributed by atoms with van der Waals surface area (Å²) in [6.45, 7) is 2.24. The number of benzene rings is 1. The molecule has 27 heavy (non-hydrogen) atoms. The molecule has 4 rings (SSSR count). The van der Waals surface area contributed by atoms with Crippen LogP contribution >= 0.6 is 34.0 Å². The topological polar surface area (TPSA) is 0 Å². The number of thiophene rings is 3. The van der Waals surface area contributed by atoms with Crippen LogP contribution in [-0.2, 0) is 6.42 Å². The van der Waals surface area contributed by atoms with Crippen LogP contribution in [0.2, 0.25) is 0 Å². The number of hydrogen-bond acceptors (Lipinski definition) is 3. The Morgan fingerprint density at radius 3 is 2.22 bits per heavy atom. The van der Waals surface area contributed by atoms with Crippen LogP contribution in [0, 0.1) is 0 Å². The first-order valence-electron chi connectivity index (χ1n) is 9.33. The van der Waals surface area contributed by atoms with Gasteiger partial charge >= 0.3 is 0 Å². The maximum atomic E-state index is 2.26. The van der Waals surface area contributed by atoms with Gasteiger partial charge in [-0.2, -0.15) is 0 Å². The summed E-state index contributed by atoms with van der Waals surface area (Å²) < 4.78 is 0. The number of rotatable bonds is 7. The van der Waals surface area contributed by atoms with Gasteiger partial charge in [-0.25, -0.2) is 0 Å². The third-order valence-corrected chi connectivity index (χ3v) is 7.88. The van der Waals surface area contributed by atoms with Crippen molar-refractivity contribution in [2.75, 3.05) is 0 Å². The molecule has 0 fully saturated rings. The SMILES string of the molecule is CCCCc1ccc(/C=C/c2ccc(-c3ccc(-c4cccs4)s3)s2)cc1. The zero-order chi connectivity index (χ0) is 18.5. The van der Waals surface area contributed by atoms with Gasteiger partial charge < -0.3 is 0 Å². The Bertz CT molecular complexity index is 998. The largest absolute Gasteiger partial charge is 0.143 e. The molecular formula is C24H22S3. The maximum absolute atomic E-state index is 2.26. The third-order valence-electron chi connectivity index (χ3n) is 4.48. The second-order valence-electron chi connectivity index (χ2n) is 6.52. The van der Waals surface area contributed by atoms with Gasteiger partial charge in [0.25, 0.3) is 0 Å². The van der Waals surface area contributed by atoms with Gasteiger partial charge in [0, 0.05) is 24.4 Å². The molecule has 0 saturated carbocycles. The zero-order valence-electron chi connectivity index (χ0n) is 15.4. The fraction of sp³-hybridized carbons (Fsp3) is 0.167. The normalized spacial score (nSPS) is 11.4. The smallest absolute Gasteiger partial charge is 0.0449 e. The van der Waals surface area contributed by atoms with Crippen molar-refractivity contribution in [2.45, 2.75) is 26.2 Å². The van der Waals surface area contributed by atoms with E-state index in [2.05, 4.69) is 85.1 Å². The monoisotopic (exact) mass is 406 g/mol. The van der Waals surface area contributed by atoms with E-state index < -0.39 is 0 Å². The van der Waals surface area contributed by atoms with Gasteiger partial charge in [-0.3, -0.25) is 0 Å². The summed E-state index contributed by atoms with van der Waals surface area (Å²) in [5.74, 6) is 0. The van der Waals surface area contributed by atoms with E-state index in [9.17, 15) is 0 Å². The summed E-state index contributed by atoms with van der Waals surface area (Å²) in [4.78, 5) is 6.70. The van der Waals surface area contributed by atoms with Crippen molar-refractivity contribution in [1.82, 2.24) is 0 Å². The van der Waals surface area contributed by atoms with Crippen molar-refractivity contribution in [2.24, 2.45) is 0 Å². The summed E-state index contributed by atoms with van der Waals surface area (Å²) in [5, 5.41) is 2.14. The first kappa shape index (κ1) is 18.4. The molecule has 0 N–H and O–H groups in total. The number of aryl methyl sites for hydroxylation is 1. The van der Waals surface area contributed by atoms with E-state index >= 15 is 0 Å². The maximum Gasteiger partial charge on any atom is 0.0449 e. The fourth-order valence-corrected chi connectivity index (χ4v) is 5.79. The van der Waals surface area contributed by atoms with Gasteiger partial charge in [0.15, 0.2) is 0 Å². The molecule has 0 atom stereocenters. The molecule has 0 unspecified atom stereocenters. The van der Waals surface area contributed by atoms with Crippen LogP contribution < -0.4 is 0 Å². The molecule has 0 bridgehead atoms. The molecule has 1 aromatic carbocycles. The molecule has 0 amide bonds. The molecule has 0 aliphatic heterocycles. The Hall–Kier alpha value is -1.94. The van der Waals surface area contributed by atoms with E-state index in [0.29, 0.717) is 0 Å². The fourth-order valence-electron chi connectivity index (χ4n) is 2.95. The second-order valence-corrected chi connectivity index (χ2v) is 9.67. The van der Waals surface area contributed by atoms with Crippen molar-refractivity contribution in [3.8, 4) is 19.5 Å². The number of hydrogen-bond donors (Lipinski definition) is 0. The standard InChI is InChI=1S/C24H22S3/c1-2-3-5-18-7-9-19(10-8-18)11-12-20-13-14-23(26-20)24-16-15-22(27-24)21-6-4-17-25-21/h4,6-17H,2-3,5H2,1H3/b12-11+. The summed E-state index contributed by atoms with van der Waals surface area (Å²) >= 11 is 5.54. The predicted molar refractivity (Wildman–Crippen MR) is 125 cm³/mol. The lowest BCUT2D eigenvalue weighted by atomic mass is 10.1. The summed E-state index contributed by atoms with van der Waals surface area (Å²) in [5.41, 5.74) is 2.70. The molecule has 0 nitrogen and oxygen atoms in total. The predicted octanol–water partition coefficient (Wildman–Crippen LogP) is 8.72. The van der Waals surface area contributed by atoms with Crippen LogP contribution in [0.5, 0.6) is 0 Å². The Morgan fingerprint density at radius 1 is 0.741 bits per heavy atom. The van der Waals surface area contributed by atoms with Gasteiger partial charge in [-0.15, -0.1) is 34.0 Å². The Labute approximate surface area is 173 Å². The van der Waals surface area contributed by atoms with Gasteiger partial charge in [0.1, 0.15) is 0 Å². The highest BCUT2D eigenvalue weighted by Crippen LogP contribution is 2.39. The minimum Gasteiger partial charge on any atom is -0.143 e. The Morgan fingerprint density at radius 2 is 1.48 bits per heavy atom. The average molecular weight is 407 g/mol. The van der Waals surface area contributed by atoms with Crippen LogP contribution in [-0.4, -0.2) is 0 Å². The molecule has 3 heteroatoms. The van der Waals surface area contributed by atoms with Gasteiger partial charge in [0.2, 0.25) is 0 Å². The first-order valence-corrected chi connectivity index (χ1v) is 11.8. The lowest BCUT2D eigenvalue weighted by molar-refractivity contribution is 0.795. The summed E-state index contributed by atoms with van der Waals surface area (Å²) in [6, 6.07) is 22.2. The minimum absolute atomic E-state index is 1.18. The Balaban J connectivity index is 1.44. The quantitative estimate of drug-likeness (QED) is 0.288. The molecule has 0 radical (unpaired) electrons. The van der Waals surface area contributed by atoms with Gasteiger partial charge in [-0.1, -0.05) is 49.8 Å². The molecular weight excluding hydrogens is 384 g/mol. The van der Waals surface area contributed by atoms with Crippen molar-refractivity contribution in [3.05, 3.63) is 82.0 Å². The second kappa shape index (κ2) is 8.83. The molecule has 4 aromatic rings. The molecule has 0 aliphatic rings. The van der Waals surface area contributed by atoms with E-state index in [1.807, 2.05) is 22.7 Å². The highest BCUT2D eigenvalue weighted by atomic mass is 32.1. The van der Waals surface area contributed by atoms with E-state index in [1.54, 1.807) is 11.3 Å². The highest BCUT2D eigenvalue weighted by Gasteiger charge is 2.07. The summed E-state index contributed by atoms with van der Waals surface area (Å²) in [7, 11) is 0. The van der Waals surface area contributed by atoms with Crippen LogP contribution in [0.1, 0.15) is 35.8 Å². The molecule has 136 valence electrons. The molecule has 3 heterocycles. The van der Waals surface area contributed by atoms with E-state index in [4.69, 9.17) is 0 Å². The lowest BCUT2D eigenvalue weighted by Gasteiger charge is -2.00. The van der Waals surface area contributed by atoms with E-state index in [0.717, 1.165) is 0 Å². The lowest BCUT2D eigenvalue weighted by Crippen LogP contribution is -1.83. The third kappa shape index (κ3) is 4.67. The van der Waals surface area contributed by atoms with Crippen LogP contribution in [0.3, 0.4) is 0 Å². The van der Waals surface area contributed by atoms with Crippen molar-refractivity contribution in [1.29, 1.82) is 0 Å². The average Bonchev–Trinajstić information content (AvgIpc) is 3.46. The molecule has 3 aromatic heterocycles. The zero-order valence-corrected chi connectivity index (χ0v) is 17.8. The van der Waals surface area contributed by atoms with Crippen molar-refractivity contribution >= 4 is 46.2 Å². The molecule has 0 spiro atoms. The first-order chi connectivity index (χ1) is 13.3. The Kier molecular flexibility index (Phi) is 6.03.